The van der Waals surface area contributed by atoms with Gasteiger partial charge in [0.2, 0.25) is 0 Å². The number of azide groups is 1. The van der Waals surface area contributed by atoms with E-state index in [2.05, 4.69) is 16.9 Å². The lowest BCUT2D eigenvalue weighted by molar-refractivity contribution is -0.131. The maximum atomic E-state index is 8.11. The standard InChI is InChI=1S/C8H15N3O2/c1-2-5-12-8-4-3-7(13-8)6-10-11-9/h7-8H,2-6H2,1H3/t7?,8-/m0/s1. The summed E-state index contributed by atoms with van der Waals surface area (Å²) >= 11 is 0. The van der Waals surface area contributed by atoms with Crippen LogP contribution in [0.25, 0.3) is 10.4 Å². The Kier molecular flexibility index (Phi) is 4.60. The molecule has 74 valence electrons. The molecule has 1 rings (SSSR count). The highest BCUT2D eigenvalue weighted by atomic mass is 16.7. The van der Waals surface area contributed by atoms with Gasteiger partial charge in [-0.3, -0.25) is 0 Å². The summed E-state index contributed by atoms with van der Waals surface area (Å²) < 4.78 is 10.9. The molecular formula is C8H15N3O2. The lowest BCUT2D eigenvalue weighted by Crippen LogP contribution is -2.16. The van der Waals surface area contributed by atoms with Gasteiger partial charge in [0.05, 0.1) is 12.6 Å². The minimum atomic E-state index is -0.0844. The second kappa shape index (κ2) is 5.80. The molecule has 0 aromatic carbocycles. The van der Waals surface area contributed by atoms with E-state index in [-0.39, 0.29) is 12.4 Å². The average Bonchev–Trinajstić information content (AvgIpc) is 2.59. The van der Waals surface area contributed by atoms with E-state index in [1.807, 2.05) is 0 Å². The highest BCUT2D eigenvalue weighted by Crippen LogP contribution is 2.20. The van der Waals surface area contributed by atoms with Gasteiger partial charge >= 0.3 is 0 Å². The molecule has 5 heteroatoms. The van der Waals surface area contributed by atoms with Crippen LogP contribution in [0.15, 0.2) is 5.11 Å². The third-order valence-corrected chi connectivity index (χ3v) is 1.92. The molecule has 0 amide bonds. The first-order chi connectivity index (χ1) is 6.36. The Hall–Kier alpha value is -0.770. The summed E-state index contributed by atoms with van der Waals surface area (Å²) in [7, 11) is 0. The Labute approximate surface area is 77.6 Å². The van der Waals surface area contributed by atoms with Gasteiger partial charge in [-0.2, -0.15) is 0 Å². The molecular weight excluding hydrogens is 170 g/mol. The molecule has 0 N–H and O–H groups in total. The van der Waals surface area contributed by atoms with Crippen LogP contribution in [-0.4, -0.2) is 25.5 Å². The molecule has 1 heterocycles. The maximum absolute atomic E-state index is 8.11. The highest BCUT2D eigenvalue weighted by molar-refractivity contribution is 4.70. The third kappa shape index (κ3) is 3.63. The fraction of sp³-hybridized carbons (Fsp3) is 1.00. The Balaban J connectivity index is 2.15. The summed E-state index contributed by atoms with van der Waals surface area (Å²) in [6.07, 6.45) is 2.80. The normalized spacial score (nSPS) is 27.2. The predicted octanol–water partition coefficient (Wildman–Crippen LogP) is 2.23. The monoisotopic (exact) mass is 185 g/mol. The molecule has 5 nitrogen and oxygen atoms in total. The minimum absolute atomic E-state index is 0.0535. The maximum Gasteiger partial charge on any atom is 0.158 e. The zero-order chi connectivity index (χ0) is 9.52. The second-order valence-electron chi connectivity index (χ2n) is 3.05. The SMILES string of the molecule is CCCO[C@@H]1CCC(CN=[N+]=[N-])O1. The molecule has 1 aliphatic heterocycles. The Morgan fingerprint density at radius 2 is 2.46 bits per heavy atom. The minimum Gasteiger partial charge on any atom is -0.353 e. The van der Waals surface area contributed by atoms with E-state index in [9.17, 15) is 0 Å². The van der Waals surface area contributed by atoms with E-state index < -0.39 is 0 Å². The first kappa shape index (κ1) is 10.3. The van der Waals surface area contributed by atoms with Gasteiger partial charge in [0, 0.05) is 17.9 Å². The summed E-state index contributed by atoms with van der Waals surface area (Å²) in [5, 5.41) is 3.47. The van der Waals surface area contributed by atoms with Gasteiger partial charge in [0.15, 0.2) is 6.29 Å². The van der Waals surface area contributed by atoms with Crippen LogP contribution < -0.4 is 0 Å². The van der Waals surface area contributed by atoms with Crippen molar-refractivity contribution in [1.82, 2.24) is 0 Å². The van der Waals surface area contributed by atoms with Crippen molar-refractivity contribution in [3.8, 4) is 0 Å². The van der Waals surface area contributed by atoms with Crippen LogP contribution in [0.3, 0.4) is 0 Å². The van der Waals surface area contributed by atoms with Crippen LogP contribution in [0.5, 0.6) is 0 Å². The molecule has 1 saturated heterocycles. The van der Waals surface area contributed by atoms with E-state index in [0.29, 0.717) is 6.54 Å². The van der Waals surface area contributed by atoms with Crippen LogP contribution in [0.2, 0.25) is 0 Å². The van der Waals surface area contributed by atoms with Crippen molar-refractivity contribution in [2.75, 3.05) is 13.2 Å². The Bertz CT molecular complexity index is 192. The third-order valence-electron chi connectivity index (χ3n) is 1.92. The largest absolute Gasteiger partial charge is 0.353 e. The molecule has 1 fully saturated rings. The van der Waals surface area contributed by atoms with Crippen LogP contribution in [0.1, 0.15) is 26.2 Å². The van der Waals surface area contributed by atoms with Crippen LogP contribution in [0, 0.1) is 0 Å². The lowest BCUT2D eigenvalue weighted by Gasteiger charge is -2.12. The molecule has 0 bridgehead atoms. The first-order valence-electron chi connectivity index (χ1n) is 4.64. The van der Waals surface area contributed by atoms with Crippen molar-refractivity contribution >= 4 is 0 Å². The van der Waals surface area contributed by atoms with E-state index >= 15 is 0 Å². The number of ether oxygens (including phenoxy) is 2. The number of rotatable bonds is 5. The molecule has 1 aliphatic rings. The highest BCUT2D eigenvalue weighted by Gasteiger charge is 2.24. The van der Waals surface area contributed by atoms with Crippen molar-refractivity contribution in [1.29, 1.82) is 0 Å². The van der Waals surface area contributed by atoms with Crippen molar-refractivity contribution in [2.24, 2.45) is 5.11 Å². The lowest BCUT2D eigenvalue weighted by atomic mass is 10.2. The Morgan fingerprint density at radius 1 is 1.62 bits per heavy atom. The summed E-state index contributed by atoms with van der Waals surface area (Å²) in [6, 6.07) is 0. The van der Waals surface area contributed by atoms with Crippen molar-refractivity contribution in [3.05, 3.63) is 10.4 Å². The molecule has 0 saturated carbocycles. The van der Waals surface area contributed by atoms with Gasteiger partial charge < -0.3 is 9.47 Å². The van der Waals surface area contributed by atoms with E-state index in [4.69, 9.17) is 15.0 Å². The summed E-state index contributed by atoms with van der Waals surface area (Å²) in [5.41, 5.74) is 8.11. The van der Waals surface area contributed by atoms with Gasteiger partial charge in [-0.1, -0.05) is 12.0 Å². The fourth-order valence-electron chi connectivity index (χ4n) is 1.31. The average molecular weight is 185 g/mol. The van der Waals surface area contributed by atoms with Crippen molar-refractivity contribution < 1.29 is 9.47 Å². The van der Waals surface area contributed by atoms with Crippen molar-refractivity contribution in [3.63, 3.8) is 0 Å². The van der Waals surface area contributed by atoms with Gasteiger partial charge in [-0.15, -0.1) is 0 Å². The number of hydrogen-bond donors (Lipinski definition) is 0. The molecule has 1 unspecified atom stereocenters. The van der Waals surface area contributed by atoms with Gasteiger partial charge in [0.1, 0.15) is 0 Å². The van der Waals surface area contributed by atoms with Gasteiger partial charge in [-0.25, -0.2) is 0 Å². The molecule has 0 radical (unpaired) electrons. The molecule has 0 aliphatic carbocycles. The molecule has 13 heavy (non-hydrogen) atoms. The quantitative estimate of drug-likeness (QED) is 0.374. The van der Waals surface area contributed by atoms with E-state index in [1.54, 1.807) is 0 Å². The smallest absolute Gasteiger partial charge is 0.158 e. The summed E-state index contributed by atoms with van der Waals surface area (Å²) in [4.78, 5) is 2.69. The molecule has 0 spiro atoms. The number of hydrogen-bond acceptors (Lipinski definition) is 3. The summed E-state index contributed by atoms with van der Waals surface area (Å²) in [6.45, 7) is 3.22. The topological polar surface area (TPSA) is 67.2 Å². The van der Waals surface area contributed by atoms with Gasteiger partial charge in [0.25, 0.3) is 0 Å². The summed E-state index contributed by atoms with van der Waals surface area (Å²) in [5.74, 6) is 0. The zero-order valence-corrected chi connectivity index (χ0v) is 7.85. The number of nitrogens with zero attached hydrogens (tertiary/aromatic N) is 3. The Morgan fingerprint density at radius 3 is 3.15 bits per heavy atom. The molecule has 0 aromatic rings. The second-order valence-corrected chi connectivity index (χ2v) is 3.05. The zero-order valence-electron chi connectivity index (χ0n) is 7.85. The predicted molar refractivity (Wildman–Crippen MR) is 48.2 cm³/mol. The molecule has 2 atom stereocenters. The first-order valence-corrected chi connectivity index (χ1v) is 4.64. The van der Waals surface area contributed by atoms with E-state index in [0.717, 1.165) is 25.9 Å². The van der Waals surface area contributed by atoms with Crippen molar-refractivity contribution in [2.45, 2.75) is 38.6 Å². The fourth-order valence-corrected chi connectivity index (χ4v) is 1.31. The van der Waals surface area contributed by atoms with Gasteiger partial charge in [-0.05, 0) is 18.4 Å². The van der Waals surface area contributed by atoms with E-state index in [1.165, 1.54) is 0 Å². The molecule has 0 aromatic heterocycles. The van der Waals surface area contributed by atoms with Crippen LogP contribution in [-0.2, 0) is 9.47 Å². The van der Waals surface area contributed by atoms with Crippen LogP contribution >= 0.6 is 0 Å². The van der Waals surface area contributed by atoms with Crippen LogP contribution in [0.4, 0.5) is 0 Å².